The fraction of sp³-hybridized carbons (Fsp3) is 0.250. The maximum atomic E-state index is 11.9. The maximum absolute atomic E-state index is 11.9. The van der Waals surface area contributed by atoms with Gasteiger partial charge in [0, 0.05) is 17.7 Å². The SMILES string of the molecule is Cc1ccc(NC(=O)CCC(=O)c2ccc(C)s2)c(Cl)c1. The molecule has 0 saturated carbocycles. The van der Waals surface area contributed by atoms with Crippen LogP contribution in [0, 0.1) is 13.8 Å². The average molecular weight is 322 g/mol. The van der Waals surface area contributed by atoms with Gasteiger partial charge in [-0.25, -0.2) is 0 Å². The first kappa shape index (κ1) is 15.7. The molecule has 2 aromatic rings. The zero-order valence-electron chi connectivity index (χ0n) is 11.9. The van der Waals surface area contributed by atoms with E-state index in [9.17, 15) is 9.59 Å². The summed E-state index contributed by atoms with van der Waals surface area (Å²) in [7, 11) is 0. The molecule has 110 valence electrons. The molecular weight excluding hydrogens is 306 g/mol. The molecule has 1 N–H and O–H groups in total. The molecule has 5 heteroatoms. The third-order valence-electron chi connectivity index (χ3n) is 2.99. The van der Waals surface area contributed by atoms with E-state index in [1.807, 2.05) is 26.0 Å². The molecule has 3 nitrogen and oxygen atoms in total. The van der Waals surface area contributed by atoms with E-state index >= 15 is 0 Å². The Hall–Kier alpha value is -1.65. The number of nitrogens with one attached hydrogen (secondary N) is 1. The normalized spacial score (nSPS) is 10.4. The van der Waals surface area contributed by atoms with Crippen molar-refractivity contribution in [3.8, 4) is 0 Å². The predicted octanol–water partition coefficient (Wildman–Crippen LogP) is 4.62. The number of amides is 1. The molecule has 2 rings (SSSR count). The van der Waals surface area contributed by atoms with Crippen LogP contribution in [0.1, 0.15) is 33.0 Å². The zero-order chi connectivity index (χ0) is 15.4. The van der Waals surface area contributed by atoms with Crippen molar-refractivity contribution in [2.75, 3.05) is 5.32 Å². The van der Waals surface area contributed by atoms with Crippen molar-refractivity contribution in [3.05, 3.63) is 50.7 Å². The van der Waals surface area contributed by atoms with Crippen LogP contribution < -0.4 is 5.32 Å². The average Bonchev–Trinajstić information content (AvgIpc) is 2.86. The lowest BCUT2D eigenvalue weighted by molar-refractivity contribution is -0.116. The summed E-state index contributed by atoms with van der Waals surface area (Å²) in [5.74, 6) is -0.208. The summed E-state index contributed by atoms with van der Waals surface area (Å²) in [6, 6.07) is 9.14. The Bertz CT molecular complexity index is 679. The summed E-state index contributed by atoms with van der Waals surface area (Å²) >= 11 is 7.51. The number of thiophene rings is 1. The highest BCUT2D eigenvalue weighted by Gasteiger charge is 2.12. The van der Waals surface area contributed by atoms with Gasteiger partial charge >= 0.3 is 0 Å². The van der Waals surface area contributed by atoms with Gasteiger partial charge in [0.15, 0.2) is 5.78 Å². The van der Waals surface area contributed by atoms with Crippen LogP contribution in [-0.4, -0.2) is 11.7 Å². The first-order valence-corrected chi connectivity index (χ1v) is 7.81. The molecule has 1 aromatic carbocycles. The van der Waals surface area contributed by atoms with Crippen molar-refractivity contribution < 1.29 is 9.59 Å². The maximum Gasteiger partial charge on any atom is 0.224 e. The van der Waals surface area contributed by atoms with Gasteiger partial charge in [-0.15, -0.1) is 11.3 Å². The van der Waals surface area contributed by atoms with Gasteiger partial charge in [-0.2, -0.15) is 0 Å². The standard InChI is InChI=1S/C16H16ClNO2S/c1-10-3-5-13(12(17)9-10)18-16(20)8-6-14(19)15-7-4-11(2)21-15/h3-5,7,9H,6,8H2,1-2H3,(H,18,20). The smallest absolute Gasteiger partial charge is 0.224 e. The number of carbonyl (C=O) groups excluding carboxylic acids is 2. The summed E-state index contributed by atoms with van der Waals surface area (Å²) in [6.07, 6.45) is 0.356. The number of anilines is 1. The quantitative estimate of drug-likeness (QED) is 0.817. The minimum Gasteiger partial charge on any atom is -0.325 e. The van der Waals surface area contributed by atoms with E-state index in [0.29, 0.717) is 15.6 Å². The number of halogens is 1. The molecule has 0 radical (unpaired) electrons. The Kier molecular flexibility index (Phi) is 5.15. The van der Waals surface area contributed by atoms with E-state index in [0.717, 1.165) is 10.4 Å². The highest BCUT2D eigenvalue weighted by atomic mass is 35.5. The Morgan fingerprint density at radius 1 is 1.14 bits per heavy atom. The highest BCUT2D eigenvalue weighted by molar-refractivity contribution is 7.14. The molecule has 1 heterocycles. The van der Waals surface area contributed by atoms with Crippen LogP contribution in [0.25, 0.3) is 0 Å². The fourth-order valence-electron chi connectivity index (χ4n) is 1.87. The van der Waals surface area contributed by atoms with Gasteiger partial charge in [0.1, 0.15) is 0 Å². The predicted molar refractivity (Wildman–Crippen MR) is 87.4 cm³/mol. The Labute approximate surface area is 132 Å². The van der Waals surface area contributed by atoms with Gasteiger partial charge in [-0.05, 0) is 43.7 Å². The molecule has 0 atom stereocenters. The molecule has 1 aromatic heterocycles. The Morgan fingerprint density at radius 2 is 1.90 bits per heavy atom. The summed E-state index contributed by atoms with van der Waals surface area (Å²) in [5.41, 5.74) is 1.60. The molecule has 0 spiro atoms. The van der Waals surface area contributed by atoms with Crippen molar-refractivity contribution >= 4 is 40.3 Å². The molecule has 0 aliphatic carbocycles. The number of rotatable bonds is 5. The lowest BCUT2D eigenvalue weighted by Crippen LogP contribution is -2.13. The van der Waals surface area contributed by atoms with Crippen LogP contribution in [0.2, 0.25) is 5.02 Å². The molecule has 1 amide bonds. The number of aryl methyl sites for hydroxylation is 2. The van der Waals surface area contributed by atoms with Crippen LogP contribution in [0.4, 0.5) is 5.69 Å². The number of ketones is 1. The molecule has 21 heavy (non-hydrogen) atoms. The fourth-order valence-corrected chi connectivity index (χ4v) is 2.99. The van der Waals surface area contributed by atoms with E-state index in [1.165, 1.54) is 11.3 Å². The van der Waals surface area contributed by atoms with Crippen molar-refractivity contribution in [2.45, 2.75) is 26.7 Å². The number of benzene rings is 1. The van der Waals surface area contributed by atoms with Gasteiger partial charge in [0.2, 0.25) is 5.91 Å². The van der Waals surface area contributed by atoms with Crippen LogP contribution in [0.3, 0.4) is 0 Å². The zero-order valence-corrected chi connectivity index (χ0v) is 13.5. The van der Waals surface area contributed by atoms with Gasteiger partial charge in [-0.1, -0.05) is 17.7 Å². The van der Waals surface area contributed by atoms with Crippen LogP contribution >= 0.6 is 22.9 Å². The third-order valence-corrected chi connectivity index (χ3v) is 4.35. The third kappa shape index (κ3) is 4.41. The highest BCUT2D eigenvalue weighted by Crippen LogP contribution is 2.23. The van der Waals surface area contributed by atoms with E-state index < -0.39 is 0 Å². The number of carbonyl (C=O) groups is 2. The van der Waals surface area contributed by atoms with Crippen LogP contribution in [0.5, 0.6) is 0 Å². The van der Waals surface area contributed by atoms with Crippen molar-refractivity contribution in [1.29, 1.82) is 0 Å². The van der Waals surface area contributed by atoms with Crippen molar-refractivity contribution in [3.63, 3.8) is 0 Å². The van der Waals surface area contributed by atoms with E-state index in [-0.39, 0.29) is 24.5 Å². The summed E-state index contributed by atoms with van der Waals surface area (Å²) in [4.78, 5) is 25.6. The van der Waals surface area contributed by atoms with Gasteiger partial charge in [0.25, 0.3) is 0 Å². The topological polar surface area (TPSA) is 46.2 Å². The molecule has 0 aliphatic heterocycles. The lowest BCUT2D eigenvalue weighted by atomic mass is 10.1. The number of hydrogen-bond donors (Lipinski definition) is 1. The lowest BCUT2D eigenvalue weighted by Gasteiger charge is -2.07. The number of Topliss-reactive ketones (excluding diaryl/α,β-unsaturated/α-hetero) is 1. The Balaban J connectivity index is 1.89. The van der Waals surface area contributed by atoms with Gasteiger partial charge in [-0.3, -0.25) is 9.59 Å². The molecule has 0 saturated heterocycles. The van der Waals surface area contributed by atoms with Gasteiger partial charge < -0.3 is 5.32 Å². The van der Waals surface area contributed by atoms with Crippen LogP contribution in [-0.2, 0) is 4.79 Å². The minimum atomic E-state index is -0.206. The summed E-state index contributed by atoms with van der Waals surface area (Å²) < 4.78 is 0. The van der Waals surface area contributed by atoms with E-state index in [4.69, 9.17) is 11.6 Å². The molecule has 0 aliphatic rings. The molecule has 0 unspecified atom stereocenters. The van der Waals surface area contributed by atoms with Crippen molar-refractivity contribution in [2.24, 2.45) is 0 Å². The summed E-state index contributed by atoms with van der Waals surface area (Å²) in [5, 5.41) is 3.23. The van der Waals surface area contributed by atoms with E-state index in [2.05, 4.69) is 5.32 Å². The molecule has 0 bridgehead atoms. The monoisotopic (exact) mass is 321 g/mol. The second-order valence-electron chi connectivity index (χ2n) is 4.86. The molecular formula is C16H16ClNO2S. The second-order valence-corrected chi connectivity index (χ2v) is 6.56. The molecule has 0 fully saturated rings. The van der Waals surface area contributed by atoms with Crippen LogP contribution in [0.15, 0.2) is 30.3 Å². The van der Waals surface area contributed by atoms with E-state index in [1.54, 1.807) is 18.2 Å². The van der Waals surface area contributed by atoms with Crippen molar-refractivity contribution in [1.82, 2.24) is 0 Å². The first-order valence-electron chi connectivity index (χ1n) is 6.61. The first-order chi connectivity index (χ1) is 9.95. The Morgan fingerprint density at radius 3 is 2.52 bits per heavy atom. The number of hydrogen-bond acceptors (Lipinski definition) is 3. The minimum absolute atomic E-state index is 0.00162. The second kappa shape index (κ2) is 6.87. The van der Waals surface area contributed by atoms with Gasteiger partial charge in [0.05, 0.1) is 15.6 Å². The summed E-state index contributed by atoms with van der Waals surface area (Å²) in [6.45, 7) is 3.88. The largest absolute Gasteiger partial charge is 0.325 e.